The average Bonchev–Trinajstić information content (AvgIpc) is 2.56. The van der Waals surface area contributed by atoms with Gasteiger partial charge in [0.25, 0.3) is 0 Å². The molecule has 0 unspecified atom stereocenters. The molecule has 2 saturated heterocycles. The van der Waals surface area contributed by atoms with Crippen molar-refractivity contribution in [3.05, 3.63) is 24.3 Å². The van der Waals surface area contributed by atoms with Crippen molar-refractivity contribution in [2.45, 2.75) is 32.2 Å². The van der Waals surface area contributed by atoms with Crippen LogP contribution < -0.4 is 10.1 Å². The second-order valence-corrected chi connectivity index (χ2v) is 6.02. The summed E-state index contributed by atoms with van der Waals surface area (Å²) in [6.07, 6.45) is 3.80. The zero-order valence-electron chi connectivity index (χ0n) is 13.3. The molecule has 1 aromatic carbocycles. The van der Waals surface area contributed by atoms with Gasteiger partial charge in [-0.1, -0.05) is 6.42 Å². The number of piperidine rings is 1. The molecule has 0 aromatic heterocycles. The minimum absolute atomic E-state index is 0.00869. The average molecular weight is 303 g/mol. The van der Waals surface area contributed by atoms with E-state index in [1.165, 1.54) is 25.8 Å². The fourth-order valence-electron chi connectivity index (χ4n) is 3.34. The number of piperazine rings is 1. The first-order valence-corrected chi connectivity index (χ1v) is 8.29. The van der Waals surface area contributed by atoms with Crippen LogP contribution in [0.5, 0.6) is 5.75 Å². The van der Waals surface area contributed by atoms with Crippen LogP contribution in [0.4, 0.5) is 10.5 Å². The number of carbonyl (C=O) groups excluding carboxylic acids is 1. The monoisotopic (exact) mass is 303 g/mol. The molecule has 1 N–H and O–H groups in total. The van der Waals surface area contributed by atoms with E-state index in [1.54, 1.807) is 0 Å². The maximum absolute atomic E-state index is 12.4. The van der Waals surface area contributed by atoms with E-state index in [2.05, 4.69) is 10.2 Å². The van der Waals surface area contributed by atoms with Gasteiger partial charge in [0.2, 0.25) is 0 Å². The van der Waals surface area contributed by atoms with Crippen LogP contribution in [0.25, 0.3) is 0 Å². The number of carbonyl (C=O) groups is 1. The molecule has 2 aliphatic rings. The first-order chi connectivity index (χ1) is 10.8. The molecular formula is C17H25N3O2. The van der Waals surface area contributed by atoms with Crippen LogP contribution in [-0.4, -0.2) is 54.7 Å². The van der Waals surface area contributed by atoms with E-state index >= 15 is 0 Å². The van der Waals surface area contributed by atoms with Crippen molar-refractivity contribution in [2.75, 3.05) is 38.1 Å². The molecule has 0 aliphatic carbocycles. The van der Waals surface area contributed by atoms with Gasteiger partial charge in [-0.2, -0.15) is 0 Å². The molecule has 2 heterocycles. The zero-order valence-corrected chi connectivity index (χ0v) is 13.3. The van der Waals surface area contributed by atoms with E-state index in [1.807, 2.05) is 36.1 Å². The third-order valence-electron chi connectivity index (χ3n) is 4.54. The summed E-state index contributed by atoms with van der Waals surface area (Å²) in [6, 6.07) is 8.11. The van der Waals surface area contributed by atoms with Crippen molar-refractivity contribution in [1.82, 2.24) is 9.80 Å². The highest BCUT2D eigenvalue weighted by atomic mass is 16.5. The summed E-state index contributed by atoms with van der Waals surface area (Å²) >= 11 is 0. The maximum atomic E-state index is 12.4. The molecule has 0 radical (unpaired) electrons. The van der Waals surface area contributed by atoms with E-state index in [4.69, 9.17) is 4.74 Å². The molecule has 2 aliphatic heterocycles. The van der Waals surface area contributed by atoms with Crippen LogP contribution in [-0.2, 0) is 0 Å². The summed E-state index contributed by atoms with van der Waals surface area (Å²) in [5, 5.41) is 2.99. The Bertz CT molecular complexity index is 503. The Labute approximate surface area is 132 Å². The third kappa shape index (κ3) is 3.53. The minimum Gasteiger partial charge on any atom is -0.494 e. The van der Waals surface area contributed by atoms with Crippen LogP contribution >= 0.6 is 0 Å². The van der Waals surface area contributed by atoms with Gasteiger partial charge in [-0.25, -0.2) is 4.79 Å². The molecule has 5 heteroatoms. The summed E-state index contributed by atoms with van der Waals surface area (Å²) in [5.41, 5.74) is 0.819. The highest BCUT2D eigenvalue weighted by molar-refractivity contribution is 5.89. The van der Waals surface area contributed by atoms with E-state index < -0.39 is 0 Å². The lowest BCUT2D eigenvalue weighted by molar-refractivity contribution is 0.0678. The fraction of sp³-hybridized carbons (Fsp3) is 0.588. The Balaban J connectivity index is 1.55. The Hall–Kier alpha value is -1.75. The van der Waals surface area contributed by atoms with Crippen molar-refractivity contribution in [3.63, 3.8) is 0 Å². The number of anilines is 1. The zero-order chi connectivity index (χ0) is 15.4. The number of amides is 2. The number of nitrogens with zero attached hydrogens (tertiary/aromatic N) is 2. The molecule has 0 spiro atoms. The Morgan fingerprint density at radius 2 is 2.05 bits per heavy atom. The Kier molecular flexibility index (Phi) is 4.83. The largest absolute Gasteiger partial charge is 0.494 e. The lowest BCUT2D eigenvalue weighted by Crippen LogP contribution is -2.56. The van der Waals surface area contributed by atoms with Crippen LogP contribution in [0.3, 0.4) is 0 Å². The van der Waals surface area contributed by atoms with Gasteiger partial charge in [0, 0.05) is 31.4 Å². The molecule has 120 valence electrons. The van der Waals surface area contributed by atoms with E-state index in [0.29, 0.717) is 12.6 Å². The van der Waals surface area contributed by atoms with Crippen molar-refractivity contribution in [1.29, 1.82) is 0 Å². The molecule has 0 saturated carbocycles. The van der Waals surface area contributed by atoms with Crippen molar-refractivity contribution in [2.24, 2.45) is 0 Å². The van der Waals surface area contributed by atoms with Gasteiger partial charge in [0.1, 0.15) is 5.75 Å². The number of benzene rings is 1. The first-order valence-electron chi connectivity index (χ1n) is 8.29. The summed E-state index contributed by atoms with van der Waals surface area (Å²) in [7, 11) is 0. The highest BCUT2D eigenvalue weighted by Gasteiger charge is 2.30. The summed E-state index contributed by atoms with van der Waals surface area (Å²) in [5.74, 6) is 0.830. The summed E-state index contributed by atoms with van der Waals surface area (Å²) in [4.78, 5) is 16.9. The number of fused-ring (bicyclic) bond motifs is 1. The number of hydrogen-bond donors (Lipinski definition) is 1. The maximum Gasteiger partial charge on any atom is 0.321 e. The molecule has 3 rings (SSSR count). The molecule has 2 fully saturated rings. The van der Waals surface area contributed by atoms with Gasteiger partial charge < -0.3 is 15.0 Å². The van der Waals surface area contributed by atoms with E-state index in [9.17, 15) is 4.79 Å². The Morgan fingerprint density at radius 3 is 2.82 bits per heavy atom. The minimum atomic E-state index is 0.00869. The molecule has 1 atom stereocenters. The molecular weight excluding hydrogens is 278 g/mol. The number of hydrogen-bond acceptors (Lipinski definition) is 3. The van der Waals surface area contributed by atoms with Gasteiger partial charge >= 0.3 is 6.03 Å². The van der Waals surface area contributed by atoms with Crippen LogP contribution in [0.2, 0.25) is 0 Å². The van der Waals surface area contributed by atoms with E-state index in [0.717, 1.165) is 31.1 Å². The molecule has 1 aromatic rings. The number of rotatable bonds is 3. The lowest BCUT2D eigenvalue weighted by atomic mass is 10.00. The van der Waals surface area contributed by atoms with Crippen LogP contribution in [0.1, 0.15) is 26.2 Å². The third-order valence-corrected chi connectivity index (χ3v) is 4.54. The first kappa shape index (κ1) is 15.2. The molecule has 22 heavy (non-hydrogen) atoms. The number of ether oxygens (including phenoxy) is 1. The predicted molar refractivity (Wildman–Crippen MR) is 87.4 cm³/mol. The quantitative estimate of drug-likeness (QED) is 0.934. The van der Waals surface area contributed by atoms with Gasteiger partial charge in [0.05, 0.1) is 6.61 Å². The topological polar surface area (TPSA) is 44.8 Å². The predicted octanol–water partition coefficient (Wildman–Crippen LogP) is 2.79. The SMILES string of the molecule is CCOc1ccc(NC(=O)N2CCN3CCCC[C@H]3C2)cc1. The van der Waals surface area contributed by atoms with Crippen molar-refractivity contribution < 1.29 is 9.53 Å². The number of urea groups is 1. The smallest absolute Gasteiger partial charge is 0.321 e. The van der Waals surface area contributed by atoms with Gasteiger partial charge in [-0.05, 0) is 50.6 Å². The Morgan fingerprint density at radius 1 is 1.23 bits per heavy atom. The van der Waals surface area contributed by atoms with Gasteiger partial charge in [0.15, 0.2) is 0 Å². The van der Waals surface area contributed by atoms with Gasteiger partial charge in [-0.3, -0.25) is 4.90 Å². The fourth-order valence-corrected chi connectivity index (χ4v) is 3.34. The molecule has 2 amide bonds. The summed E-state index contributed by atoms with van der Waals surface area (Å²) < 4.78 is 5.41. The number of nitrogens with one attached hydrogen (secondary N) is 1. The van der Waals surface area contributed by atoms with Gasteiger partial charge in [-0.15, -0.1) is 0 Å². The lowest BCUT2D eigenvalue weighted by Gasteiger charge is -2.43. The normalized spacial score (nSPS) is 22.0. The highest BCUT2D eigenvalue weighted by Crippen LogP contribution is 2.22. The molecule has 5 nitrogen and oxygen atoms in total. The molecule has 0 bridgehead atoms. The van der Waals surface area contributed by atoms with Crippen LogP contribution in [0.15, 0.2) is 24.3 Å². The van der Waals surface area contributed by atoms with Crippen LogP contribution in [0, 0.1) is 0 Å². The van der Waals surface area contributed by atoms with Crippen molar-refractivity contribution in [3.8, 4) is 5.75 Å². The standard InChI is InChI=1S/C17H25N3O2/c1-2-22-16-8-6-14(7-9-16)18-17(21)20-12-11-19-10-4-3-5-15(19)13-20/h6-9,15H,2-5,10-13H2,1H3,(H,18,21)/t15-/m0/s1. The second kappa shape index (κ2) is 7.01. The summed E-state index contributed by atoms with van der Waals surface area (Å²) in [6.45, 7) is 6.47. The van der Waals surface area contributed by atoms with E-state index in [-0.39, 0.29) is 6.03 Å². The van der Waals surface area contributed by atoms with Crippen molar-refractivity contribution >= 4 is 11.7 Å². The second-order valence-electron chi connectivity index (χ2n) is 6.02.